The van der Waals surface area contributed by atoms with Crippen LogP contribution in [-0.2, 0) is 4.74 Å². The molecule has 0 radical (unpaired) electrons. The summed E-state index contributed by atoms with van der Waals surface area (Å²) in [5.41, 5.74) is 0.833. The zero-order chi connectivity index (χ0) is 18.7. The molecule has 1 aliphatic carbocycles. The van der Waals surface area contributed by atoms with E-state index in [0.717, 1.165) is 25.0 Å². The standard InChI is InChI=1S/C17H23ClN6O2/c1-17(2,3)26-16(25)22-11-5-4-10(8-11)21-15-19-9-12(18)14(23-15)13-6-7-20-24-13/h6-7,9-11H,4-5,8H2,1-3H3,(H,20,24)(H,22,25)(H,19,21,23)/t10-,11+/m0/s1. The molecule has 0 aliphatic heterocycles. The molecule has 3 rings (SSSR count). The van der Waals surface area contributed by atoms with Gasteiger partial charge in [0.25, 0.3) is 0 Å². The lowest BCUT2D eigenvalue weighted by Gasteiger charge is -2.21. The van der Waals surface area contributed by atoms with E-state index in [0.29, 0.717) is 16.7 Å². The Hall–Kier alpha value is -2.35. The zero-order valence-corrected chi connectivity index (χ0v) is 15.8. The molecule has 0 bridgehead atoms. The number of aromatic amines is 1. The first-order valence-corrected chi connectivity index (χ1v) is 8.96. The van der Waals surface area contributed by atoms with Crippen molar-refractivity contribution in [2.75, 3.05) is 5.32 Å². The smallest absolute Gasteiger partial charge is 0.407 e. The molecule has 2 atom stereocenters. The molecule has 3 N–H and O–H groups in total. The van der Waals surface area contributed by atoms with Crippen molar-refractivity contribution in [2.45, 2.75) is 57.7 Å². The minimum absolute atomic E-state index is 0.0710. The number of rotatable bonds is 4. The van der Waals surface area contributed by atoms with Crippen molar-refractivity contribution in [1.82, 2.24) is 25.5 Å². The Balaban J connectivity index is 1.57. The second-order valence-electron chi connectivity index (χ2n) is 7.36. The number of amides is 1. The van der Waals surface area contributed by atoms with Crippen LogP contribution in [0.5, 0.6) is 0 Å². The lowest BCUT2D eigenvalue weighted by Crippen LogP contribution is -2.38. The Morgan fingerprint density at radius 1 is 1.35 bits per heavy atom. The summed E-state index contributed by atoms with van der Waals surface area (Å²) in [5, 5.41) is 13.5. The Bertz CT molecular complexity index is 759. The van der Waals surface area contributed by atoms with Crippen LogP contribution in [0, 0.1) is 0 Å². The van der Waals surface area contributed by atoms with Crippen molar-refractivity contribution >= 4 is 23.6 Å². The first-order chi connectivity index (χ1) is 12.3. The number of H-pyrrole nitrogens is 1. The van der Waals surface area contributed by atoms with Gasteiger partial charge in [-0.3, -0.25) is 5.10 Å². The number of ether oxygens (including phenoxy) is 1. The summed E-state index contributed by atoms with van der Waals surface area (Å²) in [6.45, 7) is 5.54. The average molecular weight is 379 g/mol. The first kappa shape index (κ1) is 18.4. The maximum absolute atomic E-state index is 11.9. The lowest BCUT2D eigenvalue weighted by atomic mass is 10.2. The molecule has 0 spiro atoms. The molecule has 2 aromatic rings. The molecule has 8 nitrogen and oxygen atoms in total. The fourth-order valence-corrected chi connectivity index (χ4v) is 3.11. The highest BCUT2D eigenvalue weighted by Gasteiger charge is 2.28. The minimum Gasteiger partial charge on any atom is -0.444 e. The van der Waals surface area contributed by atoms with Gasteiger partial charge in [0.2, 0.25) is 5.95 Å². The highest BCUT2D eigenvalue weighted by Crippen LogP contribution is 2.26. The van der Waals surface area contributed by atoms with Gasteiger partial charge in [-0.25, -0.2) is 14.8 Å². The number of nitrogens with zero attached hydrogens (tertiary/aromatic N) is 3. The number of anilines is 1. The van der Waals surface area contributed by atoms with Crippen LogP contribution >= 0.6 is 11.6 Å². The Kier molecular flexibility index (Phi) is 5.31. The molecule has 26 heavy (non-hydrogen) atoms. The zero-order valence-electron chi connectivity index (χ0n) is 15.0. The predicted octanol–water partition coefficient (Wildman–Crippen LogP) is 3.38. The summed E-state index contributed by atoms with van der Waals surface area (Å²) in [4.78, 5) is 20.6. The third kappa shape index (κ3) is 4.85. The number of carbonyl (C=O) groups excluding carboxylic acids is 1. The second-order valence-corrected chi connectivity index (χ2v) is 7.77. The number of alkyl carbamates (subject to hydrolysis) is 1. The molecule has 1 fully saturated rings. The van der Waals surface area contributed by atoms with E-state index in [4.69, 9.17) is 16.3 Å². The fourth-order valence-electron chi connectivity index (χ4n) is 2.91. The van der Waals surface area contributed by atoms with Crippen LogP contribution < -0.4 is 10.6 Å². The van der Waals surface area contributed by atoms with E-state index in [1.54, 1.807) is 18.5 Å². The third-order valence-electron chi connectivity index (χ3n) is 3.99. The molecule has 1 aliphatic rings. The van der Waals surface area contributed by atoms with Crippen LogP contribution in [0.3, 0.4) is 0 Å². The molecule has 9 heteroatoms. The van der Waals surface area contributed by atoms with Gasteiger partial charge < -0.3 is 15.4 Å². The maximum Gasteiger partial charge on any atom is 0.407 e. The molecule has 0 saturated heterocycles. The van der Waals surface area contributed by atoms with Crippen molar-refractivity contribution in [3.8, 4) is 11.4 Å². The number of carbonyl (C=O) groups is 1. The normalized spacial score (nSPS) is 20.0. The maximum atomic E-state index is 11.9. The van der Waals surface area contributed by atoms with Gasteiger partial charge in [0.1, 0.15) is 11.3 Å². The van der Waals surface area contributed by atoms with Crippen LogP contribution in [-0.4, -0.2) is 43.9 Å². The van der Waals surface area contributed by atoms with Gasteiger partial charge >= 0.3 is 6.09 Å². The van der Waals surface area contributed by atoms with E-state index in [1.807, 2.05) is 20.8 Å². The SMILES string of the molecule is CC(C)(C)OC(=O)N[C@@H]1CC[C@H](Nc2ncc(Cl)c(-c3ccn[nH]3)n2)C1. The molecule has 1 saturated carbocycles. The molecule has 2 aromatic heterocycles. The molecular formula is C17H23ClN6O2. The van der Waals surface area contributed by atoms with E-state index >= 15 is 0 Å². The fraction of sp³-hybridized carbons (Fsp3) is 0.529. The van der Waals surface area contributed by atoms with E-state index in [1.165, 1.54) is 0 Å². The Labute approximate surface area is 157 Å². The van der Waals surface area contributed by atoms with Gasteiger partial charge in [-0.2, -0.15) is 5.10 Å². The van der Waals surface area contributed by atoms with Gasteiger partial charge in [0.15, 0.2) is 0 Å². The van der Waals surface area contributed by atoms with Crippen LogP contribution in [0.4, 0.5) is 10.7 Å². The predicted molar refractivity (Wildman–Crippen MR) is 99.0 cm³/mol. The van der Waals surface area contributed by atoms with Gasteiger partial charge in [-0.15, -0.1) is 0 Å². The molecule has 1 amide bonds. The number of hydrogen-bond donors (Lipinski definition) is 3. The third-order valence-corrected chi connectivity index (χ3v) is 4.26. The summed E-state index contributed by atoms with van der Waals surface area (Å²) in [7, 11) is 0. The number of aromatic nitrogens is 4. The van der Waals surface area contributed by atoms with Gasteiger partial charge in [0.05, 0.1) is 16.9 Å². The van der Waals surface area contributed by atoms with Gasteiger partial charge in [-0.05, 0) is 46.1 Å². The summed E-state index contributed by atoms with van der Waals surface area (Å²) < 4.78 is 5.30. The highest BCUT2D eigenvalue weighted by molar-refractivity contribution is 6.32. The Morgan fingerprint density at radius 3 is 2.81 bits per heavy atom. The summed E-state index contributed by atoms with van der Waals surface area (Å²) in [5.74, 6) is 0.502. The monoisotopic (exact) mass is 378 g/mol. The largest absolute Gasteiger partial charge is 0.444 e. The van der Waals surface area contributed by atoms with Crippen molar-refractivity contribution in [3.05, 3.63) is 23.5 Å². The lowest BCUT2D eigenvalue weighted by molar-refractivity contribution is 0.0505. The molecular weight excluding hydrogens is 356 g/mol. The summed E-state index contributed by atoms with van der Waals surface area (Å²) in [6, 6.07) is 2.04. The first-order valence-electron chi connectivity index (χ1n) is 8.58. The van der Waals surface area contributed by atoms with E-state index in [-0.39, 0.29) is 18.2 Å². The summed E-state index contributed by atoms with van der Waals surface area (Å²) in [6.07, 6.45) is 5.39. The molecule has 0 unspecified atom stereocenters. The van der Waals surface area contributed by atoms with Crippen LogP contribution in [0.25, 0.3) is 11.4 Å². The quantitative estimate of drug-likeness (QED) is 0.753. The molecule has 2 heterocycles. The number of halogens is 1. The average Bonchev–Trinajstić information content (AvgIpc) is 3.19. The van der Waals surface area contributed by atoms with Crippen molar-refractivity contribution in [3.63, 3.8) is 0 Å². The van der Waals surface area contributed by atoms with Crippen LogP contribution in [0.2, 0.25) is 5.02 Å². The topological polar surface area (TPSA) is 105 Å². The summed E-state index contributed by atoms with van der Waals surface area (Å²) >= 11 is 6.18. The van der Waals surface area contributed by atoms with Crippen molar-refractivity contribution in [2.24, 2.45) is 0 Å². The Morgan fingerprint density at radius 2 is 2.12 bits per heavy atom. The highest BCUT2D eigenvalue weighted by atomic mass is 35.5. The molecule has 140 valence electrons. The number of nitrogens with one attached hydrogen (secondary N) is 3. The minimum atomic E-state index is -0.499. The van der Waals surface area contributed by atoms with Crippen molar-refractivity contribution < 1.29 is 9.53 Å². The molecule has 0 aromatic carbocycles. The number of hydrogen-bond acceptors (Lipinski definition) is 6. The van der Waals surface area contributed by atoms with E-state index in [9.17, 15) is 4.79 Å². The van der Waals surface area contributed by atoms with Gasteiger partial charge in [-0.1, -0.05) is 11.6 Å². The van der Waals surface area contributed by atoms with Crippen LogP contribution in [0.1, 0.15) is 40.0 Å². The van der Waals surface area contributed by atoms with E-state index in [2.05, 4.69) is 30.8 Å². The van der Waals surface area contributed by atoms with Gasteiger partial charge in [0, 0.05) is 18.3 Å². The second kappa shape index (κ2) is 7.49. The van der Waals surface area contributed by atoms with Crippen molar-refractivity contribution in [1.29, 1.82) is 0 Å². The van der Waals surface area contributed by atoms with Crippen LogP contribution in [0.15, 0.2) is 18.5 Å². The van der Waals surface area contributed by atoms with E-state index < -0.39 is 5.60 Å².